The molecule has 0 fully saturated rings. The Bertz CT molecular complexity index is 900. The number of hydrogen-bond acceptors (Lipinski definition) is 6. The highest BCUT2D eigenvalue weighted by atomic mass is 16.5. The van der Waals surface area contributed by atoms with E-state index >= 15 is 0 Å². The van der Waals surface area contributed by atoms with Gasteiger partial charge in [-0.05, 0) is 56.7 Å². The van der Waals surface area contributed by atoms with Gasteiger partial charge in [-0.1, -0.05) is 12.1 Å². The molecule has 1 aromatic heterocycles. The van der Waals surface area contributed by atoms with Crippen LogP contribution in [0.1, 0.15) is 69.2 Å². The summed E-state index contributed by atoms with van der Waals surface area (Å²) in [5, 5.41) is 4.11. The van der Waals surface area contributed by atoms with Gasteiger partial charge in [0, 0.05) is 11.6 Å². The van der Waals surface area contributed by atoms with Crippen molar-refractivity contribution in [1.82, 2.24) is 9.78 Å². The number of ether oxygens (including phenoxy) is 2. The van der Waals surface area contributed by atoms with Crippen LogP contribution in [0.4, 0.5) is 0 Å². The number of esters is 2. The van der Waals surface area contributed by atoms with Gasteiger partial charge in [-0.25, -0.2) is 14.3 Å². The van der Waals surface area contributed by atoms with Crippen molar-refractivity contribution in [2.24, 2.45) is 0 Å². The number of fused-ring (bicyclic) bond motifs is 1. The van der Waals surface area contributed by atoms with Crippen molar-refractivity contribution in [3.8, 4) is 0 Å². The van der Waals surface area contributed by atoms with E-state index in [1.807, 2.05) is 18.2 Å². The minimum Gasteiger partial charge on any atom is -0.461 e. The third kappa shape index (κ3) is 4.30. The quantitative estimate of drug-likeness (QED) is 0.539. The van der Waals surface area contributed by atoms with Gasteiger partial charge in [0.1, 0.15) is 12.2 Å². The van der Waals surface area contributed by atoms with Gasteiger partial charge in [0.25, 0.3) is 0 Å². The lowest BCUT2D eigenvalue weighted by atomic mass is 9.90. The van der Waals surface area contributed by atoms with Crippen molar-refractivity contribution >= 4 is 17.7 Å². The lowest BCUT2D eigenvalue weighted by Gasteiger charge is -2.16. The summed E-state index contributed by atoms with van der Waals surface area (Å²) in [6.07, 6.45) is 4.31. The van der Waals surface area contributed by atoms with E-state index < -0.39 is 11.9 Å². The molecule has 0 aliphatic heterocycles. The molecule has 7 heteroatoms. The van der Waals surface area contributed by atoms with E-state index in [9.17, 15) is 14.4 Å². The second-order valence-electron chi connectivity index (χ2n) is 6.63. The van der Waals surface area contributed by atoms with Crippen LogP contribution in [-0.4, -0.2) is 40.7 Å². The maximum Gasteiger partial charge on any atom is 0.358 e. The van der Waals surface area contributed by atoms with Crippen LogP contribution in [0.25, 0.3) is 0 Å². The Morgan fingerprint density at radius 1 is 0.964 bits per heavy atom. The number of ketones is 1. The highest BCUT2D eigenvalue weighted by Crippen LogP contribution is 2.22. The Morgan fingerprint density at radius 2 is 1.64 bits per heavy atom. The normalized spacial score (nSPS) is 12.9. The van der Waals surface area contributed by atoms with Gasteiger partial charge >= 0.3 is 11.9 Å². The molecule has 0 saturated carbocycles. The molecule has 0 bridgehead atoms. The first kappa shape index (κ1) is 19.8. The average Bonchev–Trinajstić information content (AvgIpc) is 3.12. The number of aryl methyl sites for hydroxylation is 2. The average molecular weight is 384 g/mol. The molecule has 1 heterocycles. The topological polar surface area (TPSA) is 87.5 Å². The van der Waals surface area contributed by atoms with Crippen molar-refractivity contribution < 1.29 is 23.9 Å². The predicted molar refractivity (Wildman–Crippen MR) is 102 cm³/mol. The molecule has 0 spiro atoms. The molecule has 3 rings (SSSR count). The molecule has 0 unspecified atom stereocenters. The monoisotopic (exact) mass is 384 g/mol. The Morgan fingerprint density at radius 3 is 2.36 bits per heavy atom. The van der Waals surface area contributed by atoms with E-state index in [4.69, 9.17) is 9.47 Å². The zero-order valence-electron chi connectivity index (χ0n) is 16.2. The number of carbonyl (C=O) groups excluding carboxylic acids is 3. The molecule has 7 nitrogen and oxygen atoms in total. The fraction of sp³-hybridized carbons (Fsp3) is 0.429. The van der Waals surface area contributed by atoms with Crippen molar-refractivity contribution in [2.45, 2.75) is 46.1 Å². The molecule has 1 aliphatic rings. The standard InChI is InChI=1S/C21H24N2O5/c1-3-27-20(25)17-12-18(21(26)28-4-2)23(22-17)13-19(24)16-10-9-14-7-5-6-8-15(14)11-16/h9-12H,3-8,13H2,1-2H3. The molecule has 0 amide bonds. The zero-order chi connectivity index (χ0) is 20.1. The summed E-state index contributed by atoms with van der Waals surface area (Å²) in [6, 6.07) is 7.04. The lowest BCUT2D eigenvalue weighted by molar-refractivity contribution is 0.0505. The third-order valence-corrected chi connectivity index (χ3v) is 4.71. The molecule has 0 atom stereocenters. The van der Waals surface area contributed by atoms with Crippen LogP contribution in [0.2, 0.25) is 0 Å². The van der Waals surface area contributed by atoms with E-state index in [2.05, 4.69) is 5.10 Å². The van der Waals surface area contributed by atoms with Crippen LogP contribution in [0.15, 0.2) is 24.3 Å². The Kier molecular flexibility index (Phi) is 6.23. The van der Waals surface area contributed by atoms with Crippen LogP contribution < -0.4 is 0 Å². The molecule has 2 aromatic rings. The lowest BCUT2D eigenvalue weighted by Crippen LogP contribution is -2.19. The van der Waals surface area contributed by atoms with Gasteiger partial charge < -0.3 is 9.47 Å². The van der Waals surface area contributed by atoms with Crippen LogP contribution in [-0.2, 0) is 28.9 Å². The van der Waals surface area contributed by atoms with Crippen LogP contribution in [0, 0.1) is 0 Å². The fourth-order valence-electron chi connectivity index (χ4n) is 3.35. The van der Waals surface area contributed by atoms with Gasteiger partial charge in [-0.3, -0.25) is 4.79 Å². The number of rotatable bonds is 7. The second-order valence-corrected chi connectivity index (χ2v) is 6.63. The van der Waals surface area contributed by atoms with Gasteiger partial charge in [0.2, 0.25) is 0 Å². The van der Waals surface area contributed by atoms with Gasteiger partial charge in [0.15, 0.2) is 11.5 Å². The summed E-state index contributed by atoms with van der Waals surface area (Å²) in [6.45, 7) is 3.57. The zero-order valence-corrected chi connectivity index (χ0v) is 16.2. The van der Waals surface area contributed by atoms with Gasteiger partial charge in [-0.2, -0.15) is 5.10 Å². The first-order valence-electron chi connectivity index (χ1n) is 9.60. The highest BCUT2D eigenvalue weighted by Gasteiger charge is 2.23. The highest BCUT2D eigenvalue weighted by molar-refractivity contribution is 5.98. The first-order chi connectivity index (χ1) is 13.5. The summed E-state index contributed by atoms with van der Waals surface area (Å²) < 4.78 is 11.2. The molecule has 148 valence electrons. The number of carbonyl (C=O) groups is 3. The SMILES string of the molecule is CCOC(=O)c1cc(C(=O)OCC)n(CC(=O)c2ccc3c(c2)CCCC3)n1. The van der Waals surface area contributed by atoms with Crippen LogP contribution >= 0.6 is 0 Å². The summed E-state index contributed by atoms with van der Waals surface area (Å²) in [5.74, 6) is -1.46. The summed E-state index contributed by atoms with van der Waals surface area (Å²) in [7, 11) is 0. The van der Waals surface area contributed by atoms with Crippen molar-refractivity contribution in [3.63, 3.8) is 0 Å². The number of nitrogens with zero attached hydrogens (tertiary/aromatic N) is 2. The molecule has 0 radical (unpaired) electrons. The summed E-state index contributed by atoms with van der Waals surface area (Å²) >= 11 is 0. The number of aromatic nitrogens is 2. The van der Waals surface area contributed by atoms with Crippen molar-refractivity contribution in [1.29, 1.82) is 0 Å². The second kappa shape index (κ2) is 8.82. The van der Waals surface area contributed by atoms with E-state index in [0.29, 0.717) is 5.56 Å². The van der Waals surface area contributed by atoms with E-state index in [1.54, 1.807) is 13.8 Å². The Hall–Kier alpha value is -2.96. The summed E-state index contributed by atoms with van der Waals surface area (Å²) in [4.78, 5) is 37.0. The maximum atomic E-state index is 12.8. The molecule has 0 N–H and O–H groups in total. The maximum absolute atomic E-state index is 12.8. The van der Waals surface area contributed by atoms with E-state index in [1.165, 1.54) is 28.3 Å². The van der Waals surface area contributed by atoms with Crippen LogP contribution in [0.5, 0.6) is 0 Å². The van der Waals surface area contributed by atoms with Crippen LogP contribution in [0.3, 0.4) is 0 Å². The minimum atomic E-state index is -0.645. The molecular formula is C21H24N2O5. The molecule has 0 saturated heterocycles. The molecule has 1 aliphatic carbocycles. The number of benzene rings is 1. The Labute approximate surface area is 163 Å². The first-order valence-corrected chi connectivity index (χ1v) is 9.60. The van der Waals surface area contributed by atoms with Crippen molar-refractivity contribution in [3.05, 3.63) is 52.3 Å². The number of hydrogen-bond donors (Lipinski definition) is 0. The minimum absolute atomic E-state index is 0.0249. The summed E-state index contributed by atoms with van der Waals surface area (Å²) in [5.41, 5.74) is 3.09. The predicted octanol–water partition coefficient (Wildman–Crippen LogP) is 3.00. The van der Waals surface area contributed by atoms with Crippen molar-refractivity contribution in [2.75, 3.05) is 13.2 Å². The van der Waals surface area contributed by atoms with E-state index in [0.717, 1.165) is 19.3 Å². The van der Waals surface area contributed by atoms with E-state index in [-0.39, 0.29) is 36.9 Å². The largest absolute Gasteiger partial charge is 0.461 e. The smallest absolute Gasteiger partial charge is 0.358 e. The Balaban J connectivity index is 1.86. The molecule has 1 aromatic carbocycles. The van der Waals surface area contributed by atoms with Gasteiger partial charge in [-0.15, -0.1) is 0 Å². The molecule has 28 heavy (non-hydrogen) atoms. The fourth-order valence-corrected chi connectivity index (χ4v) is 3.35. The van der Waals surface area contributed by atoms with Gasteiger partial charge in [0.05, 0.1) is 13.2 Å². The third-order valence-electron chi connectivity index (χ3n) is 4.71. The molecular weight excluding hydrogens is 360 g/mol. The number of Topliss-reactive ketones (excluding diaryl/α,β-unsaturated/α-hetero) is 1.